The van der Waals surface area contributed by atoms with Crippen molar-refractivity contribution in [1.29, 1.82) is 5.26 Å². The lowest BCUT2D eigenvalue weighted by Gasteiger charge is -2.23. The first kappa shape index (κ1) is 10.3. The van der Waals surface area contributed by atoms with Gasteiger partial charge in [0, 0.05) is 18.2 Å². The summed E-state index contributed by atoms with van der Waals surface area (Å²) in [6.45, 7) is 0.727. The normalized spacial score (nSPS) is 19.5. The molecule has 0 radical (unpaired) electrons. The highest BCUT2D eigenvalue weighted by Crippen LogP contribution is 2.31. The van der Waals surface area contributed by atoms with E-state index >= 15 is 0 Å². The molecule has 0 saturated heterocycles. The predicted molar refractivity (Wildman–Crippen MR) is 63.3 cm³/mol. The molecule has 3 heteroatoms. The van der Waals surface area contributed by atoms with Crippen LogP contribution in [0.15, 0.2) is 18.2 Å². The fraction of sp³-hybridized carbons (Fsp3) is 0.429. The van der Waals surface area contributed by atoms with Crippen LogP contribution in [-0.4, -0.2) is 16.8 Å². The van der Waals surface area contributed by atoms with Gasteiger partial charge in [-0.2, -0.15) is 5.26 Å². The van der Waals surface area contributed by atoms with Crippen LogP contribution < -0.4 is 0 Å². The highest BCUT2D eigenvalue weighted by atomic mass is 16.2. The van der Waals surface area contributed by atoms with Crippen LogP contribution in [0.5, 0.6) is 0 Å². The predicted octanol–water partition coefficient (Wildman–Crippen LogP) is 2.46. The second-order valence-corrected chi connectivity index (χ2v) is 4.86. The molecule has 1 aromatic rings. The summed E-state index contributed by atoms with van der Waals surface area (Å²) in [6, 6.07) is 7.95. The Kier molecular flexibility index (Phi) is 2.36. The number of amides is 1. The molecule has 1 saturated carbocycles. The van der Waals surface area contributed by atoms with Gasteiger partial charge in [-0.15, -0.1) is 0 Å². The Hall–Kier alpha value is -1.82. The Morgan fingerprint density at radius 3 is 2.76 bits per heavy atom. The van der Waals surface area contributed by atoms with E-state index in [1.54, 1.807) is 12.1 Å². The van der Waals surface area contributed by atoms with Crippen LogP contribution in [0.1, 0.15) is 47.2 Å². The Labute approximate surface area is 101 Å². The number of fused-ring (bicyclic) bond motifs is 1. The lowest BCUT2D eigenvalue weighted by molar-refractivity contribution is 0.0707. The first-order valence-corrected chi connectivity index (χ1v) is 6.13. The van der Waals surface area contributed by atoms with Crippen LogP contribution in [0.25, 0.3) is 0 Å². The molecule has 1 aliphatic heterocycles. The number of nitrogens with zero attached hydrogens (tertiary/aromatic N) is 2. The SMILES string of the molecule is N#Cc1ccc2c(c1)C(=O)N(C1CCCC1)C2. The Morgan fingerprint density at radius 2 is 2.06 bits per heavy atom. The van der Waals surface area contributed by atoms with Crippen molar-refractivity contribution in [3.63, 3.8) is 0 Å². The van der Waals surface area contributed by atoms with Crippen molar-refractivity contribution in [2.24, 2.45) is 0 Å². The van der Waals surface area contributed by atoms with E-state index in [0.717, 1.165) is 30.5 Å². The monoisotopic (exact) mass is 226 g/mol. The largest absolute Gasteiger partial charge is 0.331 e. The molecule has 1 fully saturated rings. The molecule has 0 unspecified atom stereocenters. The van der Waals surface area contributed by atoms with Crippen LogP contribution in [0.3, 0.4) is 0 Å². The average molecular weight is 226 g/mol. The Morgan fingerprint density at radius 1 is 1.29 bits per heavy atom. The summed E-state index contributed by atoms with van der Waals surface area (Å²) in [5, 5.41) is 8.86. The molecular weight excluding hydrogens is 212 g/mol. The average Bonchev–Trinajstić information content (AvgIpc) is 2.97. The van der Waals surface area contributed by atoms with Crippen molar-refractivity contribution >= 4 is 5.91 Å². The third kappa shape index (κ3) is 1.61. The quantitative estimate of drug-likeness (QED) is 0.738. The van der Waals surface area contributed by atoms with E-state index in [2.05, 4.69) is 6.07 Å². The van der Waals surface area contributed by atoms with Crippen LogP contribution in [0, 0.1) is 11.3 Å². The van der Waals surface area contributed by atoms with Gasteiger partial charge in [0.1, 0.15) is 0 Å². The van der Waals surface area contributed by atoms with E-state index in [0.29, 0.717) is 11.6 Å². The van der Waals surface area contributed by atoms with Crippen molar-refractivity contribution < 1.29 is 4.79 Å². The summed E-state index contributed by atoms with van der Waals surface area (Å²) < 4.78 is 0. The maximum atomic E-state index is 12.3. The van der Waals surface area contributed by atoms with Crippen molar-refractivity contribution in [2.45, 2.75) is 38.3 Å². The summed E-state index contributed by atoms with van der Waals surface area (Å²) in [5.74, 6) is 0.115. The van der Waals surface area contributed by atoms with Gasteiger partial charge in [-0.3, -0.25) is 4.79 Å². The summed E-state index contributed by atoms with van der Waals surface area (Å²) in [6.07, 6.45) is 4.72. The molecule has 1 amide bonds. The van der Waals surface area contributed by atoms with Crippen molar-refractivity contribution in [3.05, 3.63) is 34.9 Å². The van der Waals surface area contributed by atoms with E-state index in [4.69, 9.17) is 5.26 Å². The molecule has 2 aliphatic rings. The lowest BCUT2D eigenvalue weighted by Crippen LogP contribution is -2.33. The van der Waals surface area contributed by atoms with Gasteiger partial charge < -0.3 is 4.90 Å². The van der Waals surface area contributed by atoms with Crippen molar-refractivity contribution in [1.82, 2.24) is 4.90 Å². The molecule has 1 heterocycles. The summed E-state index contributed by atoms with van der Waals surface area (Å²) >= 11 is 0. The van der Waals surface area contributed by atoms with Crippen LogP contribution in [-0.2, 0) is 6.54 Å². The molecule has 3 nitrogen and oxygen atoms in total. The molecule has 0 atom stereocenters. The third-order valence-corrected chi connectivity index (χ3v) is 3.84. The highest BCUT2D eigenvalue weighted by molar-refractivity contribution is 5.98. The Bertz CT molecular complexity index is 509. The van der Waals surface area contributed by atoms with Gasteiger partial charge in [0.15, 0.2) is 0 Å². The van der Waals surface area contributed by atoms with E-state index in [-0.39, 0.29) is 5.91 Å². The van der Waals surface area contributed by atoms with Crippen molar-refractivity contribution in [2.75, 3.05) is 0 Å². The van der Waals surface area contributed by atoms with Crippen LogP contribution >= 0.6 is 0 Å². The van der Waals surface area contributed by atoms with Gasteiger partial charge >= 0.3 is 0 Å². The zero-order chi connectivity index (χ0) is 11.8. The molecule has 3 rings (SSSR count). The second kappa shape index (κ2) is 3.89. The number of carbonyl (C=O) groups is 1. The van der Waals surface area contributed by atoms with Gasteiger partial charge in [-0.05, 0) is 30.5 Å². The molecule has 0 bridgehead atoms. The second-order valence-electron chi connectivity index (χ2n) is 4.86. The Balaban J connectivity index is 1.92. The summed E-state index contributed by atoms with van der Waals surface area (Å²) in [7, 11) is 0. The standard InChI is InChI=1S/C14H14N2O/c15-8-10-5-6-11-9-16(12-3-1-2-4-12)14(17)13(11)7-10/h5-7,12H,1-4,9H2. The number of rotatable bonds is 1. The van der Waals surface area contributed by atoms with Crippen molar-refractivity contribution in [3.8, 4) is 6.07 Å². The first-order chi connectivity index (χ1) is 8.29. The zero-order valence-corrected chi connectivity index (χ0v) is 9.65. The van der Waals surface area contributed by atoms with Crippen LogP contribution in [0.4, 0.5) is 0 Å². The molecule has 0 aromatic heterocycles. The summed E-state index contributed by atoms with van der Waals surface area (Å²) in [4.78, 5) is 14.3. The minimum absolute atomic E-state index is 0.115. The van der Waals surface area contributed by atoms with Crippen LogP contribution in [0.2, 0.25) is 0 Å². The van der Waals surface area contributed by atoms with E-state index in [1.165, 1.54) is 12.8 Å². The van der Waals surface area contributed by atoms with E-state index in [9.17, 15) is 4.79 Å². The summed E-state index contributed by atoms with van der Waals surface area (Å²) in [5.41, 5.74) is 2.38. The minimum Gasteiger partial charge on any atom is -0.331 e. The number of carbonyl (C=O) groups excluding carboxylic acids is 1. The van der Waals surface area contributed by atoms with Gasteiger partial charge in [0.05, 0.1) is 11.6 Å². The number of hydrogen-bond acceptors (Lipinski definition) is 2. The maximum absolute atomic E-state index is 12.3. The molecular formula is C14H14N2O. The molecule has 1 aliphatic carbocycles. The fourth-order valence-electron chi connectivity index (χ4n) is 2.90. The van der Waals surface area contributed by atoms with E-state index < -0.39 is 0 Å². The molecule has 86 valence electrons. The fourth-order valence-corrected chi connectivity index (χ4v) is 2.90. The highest BCUT2D eigenvalue weighted by Gasteiger charge is 2.33. The van der Waals surface area contributed by atoms with Gasteiger partial charge in [-0.25, -0.2) is 0 Å². The topological polar surface area (TPSA) is 44.1 Å². The number of benzene rings is 1. The molecule has 0 N–H and O–H groups in total. The first-order valence-electron chi connectivity index (χ1n) is 6.13. The lowest BCUT2D eigenvalue weighted by atomic mass is 10.1. The van der Waals surface area contributed by atoms with Gasteiger partial charge in [0.2, 0.25) is 0 Å². The number of hydrogen-bond donors (Lipinski definition) is 0. The maximum Gasteiger partial charge on any atom is 0.254 e. The van der Waals surface area contributed by atoms with E-state index in [1.807, 2.05) is 11.0 Å². The molecule has 1 aromatic carbocycles. The smallest absolute Gasteiger partial charge is 0.254 e. The minimum atomic E-state index is 0.115. The molecule has 0 spiro atoms. The molecule has 17 heavy (non-hydrogen) atoms. The number of nitriles is 1. The third-order valence-electron chi connectivity index (χ3n) is 3.84. The van der Waals surface area contributed by atoms with Gasteiger partial charge in [0.25, 0.3) is 5.91 Å². The van der Waals surface area contributed by atoms with Gasteiger partial charge in [-0.1, -0.05) is 18.9 Å². The zero-order valence-electron chi connectivity index (χ0n) is 9.65.